The molecule has 8 heteroatoms. The highest BCUT2D eigenvalue weighted by atomic mass is 19.1. The normalized spacial score (nSPS) is 18.4. The van der Waals surface area contributed by atoms with Crippen LogP contribution >= 0.6 is 0 Å². The molecule has 0 radical (unpaired) electrons. The van der Waals surface area contributed by atoms with E-state index in [1.807, 2.05) is 6.92 Å². The minimum atomic E-state index is -0.310. The minimum absolute atomic E-state index is 0.0708. The van der Waals surface area contributed by atoms with Gasteiger partial charge in [0.1, 0.15) is 18.2 Å². The fourth-order valence-corrected chi connectivity index (χ4v) is 2.94. The van der Waals surface area contributed by atoms with Crippen LogP contribution in [0.5, 0.6) is 5.75 Å². The Kier molecular flexibility index (Phi) is 5.70. The predicted octanol–water partition coefficient (Wildman–Crippen LogP) is 2.87. The van der Waals surface area contributed by atoms with Crippen LogP contribution in [0.4, 0.5) is 9.18 Å². The van der Waals surface area contributed by atoms with Gasteiger partial charge in [0.15, 0.2) is 5.82 Å². The molecule has 1 aromatic carbocycles. The fourth-order valence-electron chi connectivity index (χ4n) is 2.94. The lowest BCUT2D eigenvalue weighted by atomic mass is 9.98. The van der Waals surface area contributed by atoms with Crippen LogP contribution in [-0.4, -0.2) is 46.8 Å². The molecule has 2 heterocycles. The van der Waals surface area contributed by atoms with E-state index in [4.69, 9.17) is 9.26 Å². The van der Waals surface area contributed by atoms with E-state index in [1.165, 1.54) is 12.1 Å². The van der Waals surface area contributed by atoms with Crippen LogP contribution in [0, 0.1) is 12.7 Å². The maximum absolute atomic E-state index is 12.9. The monoisotopic (exact) mass is 362 g/mol. The average Bonchev–Trinajstić information content (AvgIpc) is 3.08. The number of carbonyl (C=O) groups excluding carboxylic acids is 1. The Bertz CT molecular complexity index is 734. The van der Waals surface area contributed by atoms with E-state index in [0.29, 0.717) is 37.2 Å². The number of ether oxygens (including phenoxy) is 1. The Balaban J connectivity index is 1.48. The first-order chi connectivity index (χ1) is 12.5. The number of rotatable bonds is 5. The quantitative estimate of drug-likeness (QED) is 0.885. The number of piperidine rings is 1. The number of aryl methyl sites for hydroxylation is 1. The third kappa shape index (κ3) is 4.71. The van der Waals surface area contributed by atoms with Crippen LogP contribution in [0.1, 0.15) is 37.4 Å². The van der Waals surface area contributed by atoms with Gasteiger partial charge in [-0.05, 0) is 51.0 Å². The summed E-state index contributed by atoms with van der Waals surface area (Å²) < 4.78 is 23.7. The van der Waals surface area contributed by atoms with E-state index in [2.05, 4.69) is 15.5 Å². The van der Waals surface area contributed by atoms with Gasteiger partial charge in [0, 0.05) is 13.1 Å². The van der Waals surface area contributed by atoms with E-state index in [-0.39, 0.29) is 23.8 Å². The lowest BCUT2D eigenvalue weighted by Crippen LogP contribution is -2.48. The summed E-state index contributed by atoms with van der Waals surface area (Å²) in [4.78, 5) is 18.5. The first-order valence-corrected chi connectivity index (χ1v) is 8.75. The van der Waals surface area contributed by atoms with Gasteiger partial charge in [0.05, 0.1) is 12.0 Å². The van der Waals surface area contributed by atoms with Gasteiger partial charge < -0.3 is 19.5 Å². The summed E-state index contributed by atoms with van der Waals surface area (Å²) in [5.41, 5.74) is 0. The van der Waals surface area contributed by atoms with Gasteiger partial charge in [-0.1, -0.05) is 5.16 Å². The molecule has 1 aliphatic rings. The van der Waals surface area contributed by atoms with Crippen molar-refractivity contribution in [3.8, 4) is 5.75 Å². The summed E-state index contributed by atoms with van der Waals surface area (Å²) in [6.07, 6.45) is 1.81. The first-order valence-electron chi connectivity index (χ1n) is 8.75. The van der Waals surface area contributed by atoms with Crippen molar-refractivity contribution in [1.82, 2.24) is 20.4 Å². The Morgan fingerprint density at radius 3 is 2.92 bits per heavy atom. The third-order valence-corrected chi connectivity index (χ3v) is 4.28. The van der Waals surface area contributed by atoms with Gasteiger partial charge in [-0.15, -0.1) is 0 Å². The van der Waals surface area contributed by atoms with Crippen molar-refractivity contribution in [3.63, 3.8) is 0 Å². The number of amides is 2. The first kappa shape index (κ1) is 18.2. The molecule has 1 aromatic heterocycles. The summed E-state index contributed by atoms with van der Waals surface area (Å²) >= 11 is 0. The average molecular weight is 362 g/mol. The molecule has 1 N–H and O–H groups in total. The van der Waals surface area contributed by atoms with Crippen LogP contribution in [0.25, 0.3) is 0 Å². The molecular formula is C18H23FN4O3. The number of nitrogens with one attached hydrogen (secondary N) is 1. The molecule has 1 saturated heterocycles. The number of hydrogen-bond acceptors (Lipinski definition) is 5. The molecular weight excluding hydrogens is 339 g/mol. The number of likely N-dealkylation sites (tertiary alicyclic amines) is 1. The maximum atomic E-state index is 12.9. The van der Waals surface area contributed by atoms with Crippen molar-refractivity contribution in [2.45, 2.75) is 38.6 Å². The minimum Gasteiger partial charge on any atom is -0.491 e. The summed E-state index contributed by atoms with van der Waals surface area (Å²) in [6, 6.07) is 5.48. The SMILES string of the molecule is Cc1noc([C@H]2CCCN(C(=O)N[C@H](C)COc3ccc(F)cc3)C2)n1. The lowest BCUT2D eigenvalue weighted by Gasteiger charge is -2.32. The molecule has 0 saturated carbocycles. The number of halogens is 1. The molecule has 26 heavy (non-hydrogen) atoms. The van der Waals surface area contributed by atoms with Crippen molar-refractivity contribution >= 4 is 6.03 Å². The largest absolute Gasteiger partial charge is 0.491 e. The van der Waals surface area contributed by atoms with E-state index >= 15 is 0 Å². The zero-order chi connectivity index (χ0) is 18.5. The molecule has 1 aliphatic heterocycles. The van der Waals surface area contributed by atoms with Gasteiger partial charge in [0.2, 0.25) is 5.89 Å². The van der Waals surface area contributed by atoms with Crippen LogP contribution in [-0.2, 0) is 0 Å². The molecule has 0 bridgehead atoms. The van der Waals surface area contributed by atoms with Crippen LogP contribution in [0.15, 0.2) is 28.8 Å². The van der Waals surface area contributed by atoms with Crippen molar-refractivity contribution in [1.29, 1.82) is 0 Å². The number of benzene rings is 1. The van der Waals surface area contributed by atoms with Crippen molar-refractivity contribution < 1.29 is 18.4 Å². The van der Waals surface area contributed by atoms with E-state index in [9.17, 15) is 9.18 Å². The van der Waals surface area contributed by atoms with Gasteiger partial charge in [-0.25, -0.2) is 9.18 Å². The highest BCUT2D eigenvalue weighted by Crippen LogP contribution is 2.25. The van der Waals surface area contributed by atoms with Crippen LogP contribution in [0.2, 0.25) is 0 Å². The van der Waals surface area contributed by atoms with Gasteiger partial charge in [-0.3, -0.25) is 0 Å². The molecule has 7 nitrogen and oxygen atoms in total. The Morgan fingerprint density at radius 1 is 1.46 bits per heavy atom. The van der Waals surface area contributed by atoms with Crippen molar-refractivity contribution in [3.05, 3.63) is 41.8 Å². The van der Waals surface area contributed by atoms with Crippen molar-refractivity contribution in [2.75, 3.05) is 19.7 Å². The fraction of sp³-hybridized carbons (Fsp3) is 0.500. The molecule has 2 aromatic rings. The Morgan fingerprint density at radius 2 is 2.23 bits per heavy atom. The van der Waals surface area contributed by atoms with E-state index in [0.717, 1.165) is 12.8 Å². The van der Waals surface area contributed by atoms with E-state index < -0.39 is 0 Å². The van der Waals surface area contributed by atoms with Gasteiger partial charge >= 0.3 is 6.03 Å². The summed E-state index contributed by atoms with van der Waals surface area (Å²) in [6.45, 7) is 5.20. The number of nitrogens with zero attached hydrogens (tertiary/aromatic N) is 3. The maximum Gasteiger partial charge on any atom is 0.317 e. The van der Waals surface area contributed by atoms with E-state index in [1.54, 1.807) is 24.0 Å². The van der Waals surface area contributed by atoms with Crippen LogP contribution in [0.3, 0.4) is 0 Å². The standard InChI is InChI=1S/C18H23FN4O3/c1-12(11-25-16-7-5-15(19)6-8-16)20-18(24)23-9-3-4-14(10-23)17-21-13(2)22-26-17/h5-8,12,14H,3-4,9-11H2,1-2H3,(H,20,24)/t12-,14+/m1/s1. The summed E-state index contributed by atoms with van der Waals surface area (Å²) in [5.74, 6) is 1.52. The summed E-state index contributed by atoms with van der Waals surface area (Å²) in [7, 11) is 0. The second-order valence-electron chi connectivity index (χ2n) is 6.58. The van der Waals surface area contributed by atoms with Gasteiger partial charge in [-0.2, -0.15) is 4.98 Å². The molecule has 2 amide bonds. The summed E-state index contributed by atoms with van der Waals surface area (Å²) in [5, 5.41) is 6.75. The molecule has 0 spiro atoms. The number of urea groups is 1. The van der Waals surface area contributed by atoms with Crippen LogP contribution < -0.4 is 10.1 Å². The molecule has 140 valence electrons. The smallest absolute Gasteiger partial charge is 0.317 e. The number of hydrogen-bond donors (Lipinski definition) is 1. The molecule has 2 atom stereocenters. The predicted molar refractivity (Wildman–Crippen MR) is 92.5 cm³/mol. The van der Waals surface area contributed by atoms with Crippen molar-refractivity contribution in [2.24, 2.45) is 0 Å². The van der Waals surface area contributed by atoms with Gasteiger partial charge in [0.25, 0.3) is 0 Å². The molecule has 0 aliphatic carbocycles. The highest BCUT2D eigenvalue weighted by Gasteiger charge is 2.28. The molecule has 0 unspecified atom stereocenters. The molecule has 1 fully saturated rings. The topological polar surface area (TPSA) is 80.5 Å². The zero-order valence-corrected chi connectivity index (χ0v) is 14.9. The number of aromatic nitrogens is 2. The number of carbonyl (C=O) groups is 1. The second kappa shape index (κ2) is 8.16. The zero-order valence-electron chi connectivity index (χ0n) is 14.9. The molecule has 3 rings (SSSR count). The Hall–Kier alpha value is -2.64. The third-order valence-electron chi connectivity index (χ3n) is 4.28. The lowest BCUT2D eigenvalue weighted by molar-refractivity contribution is 0.164. The second-order valence-corrected chi connectivity index (χ2v) is 6.58. The highest BCUT2D eigenvalue weighted by molar-refractivity contribution is 5.74. The Labute approximate surface area is 151 Å².